The Hall–Kier alpha value is -2.35. The molecule has 0 saturated heterocycles. The zero-order chi connectivity index (χ0) is 25.0. The topological polar surface area (TPSA) is 129 Å². The van der Waals surface area contributed by atoms with Crippen LogP contribution in [0.4, 0.5) is 4.79 Å². The largest absolute Gasteiger partial charge is 0.465 e. The van der Waals surface area contributed by atoms with E-state index in [1.807, 2.05) is 6.07 Å². The monoisotopic (exact) mass is 486 g/mol. The zero-order valence-electron chi connectivity index (χ0n) is 20.7. The van der Waals surface area contributed by atoms with Crippen molar-refractivity contribution in [1.29, 1.82) is 0 Å². The first-order chi connectivity index (χ1) is 16.6. The third-order valence-electron chi connectivity index (χ3n) is 10.7. The smallest absolute Gasteiger partial charge is 0.405 e. The number of rotatable bonds is 4. The van der Waals surface area contributed by atoms with Gasteiger partial charge in [0, 0.05) is 17.5 Å². The van der Waals surface area contributed by atoms with Crippen LogP contribution in [-0.4, -0.2) is 40.4 Å². The van der Waals surface area contributed by atoms with Crippen molar-refractivity contribution in [2.24, 2.45) is 28.6 Å². The molecule has 1 aromatic rings. The van der Waals surface area contributed by atoms with Gasteiger partial charge in [-0.2, -0.15) is 0 Å². The first kappa shape index (κ1) is 24.3. The Morgan fingerprint density at radius 1 is 1.06 bits per heavy atom. The molecule has 0 aliphatic heterocycles. The van der Waals surface area contributed by atoms with Crippen LogP contribution in [0.25, 0.3) is 0 Å². The summed E-state index contributed by atoms with van der Waals surface area (Å²) in [6.45, 7) is 4.44. The lowest BCUT2D eigenvalue weighted by Crippen LogP contribution is -2.62. The van der Waals surface area contributed by atoms with Gasteiger partial charge < -0.3 is 25.3 Å². The van der Waals surface area contributed by atoms with Crippen molar-refractivity contribution >= 4 is 12.0 Å². The second kappa shape index (κ2) is 8.64. The standard InChI is InChI=1S/C27H38N2O6/c1-25-10-7-18(29-22(30)14-28-24(32)33)13-17(25)4-5-21-20(25)8-11-26(2)19(9-12-27(21,26)34)16-3-6-23(31)35-15-16/h3,6,15,17-21,28,34H,4-5,7-14H2,1-2H3,(H,29,30)(H,32,33)/t17-,18-,19-,20+,21-,25+,26-,27+/m1/s1. The summed E-state index contributed by atoms with van der Waals surface area (Å²) in [5.74, 6) is 1.12. The van der Waals surface area contributed by atoms with Crippen LogP contribution in [0.2, 0.25) is 0 Å². The highest BCUT2D eigenvalue weighted by Gasteiger charge is 2.67. The molecule has 0 radical (unpaired) electrons. The maximum Gasteiger partial charge on any atom is 0.405 e. The van der Waals surface area contributed by atoms with Crippen LogP contribution in [0.3, 0.4) is 0 Å². The van der Waals surface area contributed by atoms with E-state index in [0.29, 0.717) is 11.8 Å². The quantitative estimate of drug-likeness (QED) is 0.514. The molecule has 0 aromatic carbocycles. The van der Waals surface area contributed by atoms with Crippen molar-refractivity contribution < 1.29 is 24.2 Å². The average Bonchev–Trinajstić information content (AvgIpc) is 3.10. The summed E-state index contributed by atoms with van der Waals surface area (Å²) in [5.41, 5.74) is -0.141. The molecule has 192 valence electrons. The number of hydrogen-bond acceptors (Lipinski definition) is 5. The van der Waals surface area contributed by atoms with Crippen LogP contribution in [-0.2, 0) is 4.79 Å². The van der Waals surface area contributed by atoms with Crippen molar-refractivity contribution in [3.8, 4) is 0 Å². The summed E-state index contributed by atoms with van der Waals surface area (Å²) in [6, 6.07) is 3.44. The molecular weight excluding hydrogens is 448 g/mol. The van der Waals surface area contributed by atoms with Crippen LogP contribution in [0, 0.1) is 28.6 Å². The van der Waals surface area contributed by atoms with Crippen LogP contribution < -0.4 is 16.3 Å². The number of amides is 2. The van der Waals surface area contributed by atoms with Gasteiger partial charge in [-0.15, -0.1) is 0 Å². The molecule has 4 N–H and O–H groups in total. The minimum absolute atomic E-state index is 0.0771. The van der Waals surface area contributed by atoms with Crippen molar-refractivity contribution in [3.63, 3.8) is 0 Å². The molecule has 35 heavy (non-hydrogen) atoms. The fourth-order valence-electron chi connectivity index (χ4n) is 8.89. The van der Waals surface area contributed by atoms with Gasteiger partial charge in [-0.05, 0) is 98.5 Å². The van der Waals surface area contributed by atoms with Crippen molar-refractivity contribution in [2.45, 2.75) is 89.2 Å². The Morgan fingerprint density at radius 2 is 1.86 bits per heavy atom. The van der Waals surface area contributed by atoms with Crippen LogP contribution in [0.1, 0.15) is 83.1 Å². The zero-order valence-corrected chi connectivity index (χ0v) is 20.7. The molecule has 1 aromatic heterocycles. The van der Waals surface area contributed by atoms with Gasteiger partial charge in [0.15, 0.2) is 0 Å². The van der Waals surface area contributed by atoms with Gasteiger partial charge in [-0.1, -0.05) is 13.8 Å². The molecule has 4 aliphatic carbocycles. The first-order valence-corrected chi connectivity index (χ1v) is 13.1. The number of carbonyl (C=O) groups excluding carboxylic acids is 1. The Morgan fingerprint density at radius 3 is 2.57 bits per heavy atom. The van der Waals surface area contributed by atoms with Gasteiger partial charge in [0.05, 0.1) is 18.4 Å². The van der Waals surface area contributed by atoms with E-state index in [0.717, 1.165) is 63.4 Å². The van der Waals surface area contributed by atoms with E-state index in [1.54, 1.807) is 6.26 Å². The molecule has 5 rings (SSSR count). The number of carbonyl (C=O) groups is 2. The summed E-state index contributed by atoms with van der Waals surface area (Å²) >= 11 is 0. The minimum atomic E-state index is -1.19. The summed E-state index contributed by atoms with van der Waals surface area (Å²) in [7, 11) is 0. The fourth-order valence-corrected chi connectivity index (χ4v) is 8.89. The number of fused-ring (bicyclic) bond motifs is 5. The summed E-state index contributed by atoms with van der Waals surface area (Å²) in [6.07, 6.45) is 8.98. The summed E-state index contributed by atoms with van der Waals surface area (Å²) < 4.78 is 5.19. The lowest BCUT2D eigenvalue weighted by molar-refractivity contribution is -0.202. The number of hydrogen-bond donors (Lipinski definition) is 4. The molecule has 8 nitrogen and oxygen atoms in total. The molecule has 4 fully saturated rings. The van der Waals surface area contributed by atoms with Crippen molar-refractivity contribution in [1.82, 2.24) is 10.6 Å². The number of aliphatic hydroxyl groups is 1. The number of carboxylic acid groups (broad SMARTS) is 1. The molecule has 8 atom stereocenters. The maximum atomic E-state index is 12.3. The summed E-state index contributed by atoms with van der Waals surface area (Å²) in [4.78, 5) is 34.3. The van der Waals surface area contributed by atoms with Gasteiger partial charge in [-0.25, -0.2) is 9.59 Å². The minimum Gasteiger partial charge on any atom is -0.465 e. The van der Waals surface area contributed by atoms with Crippen molar-refractivity contribution in [2.75, 3.05) is 6.54 Å². The van der Waals surface area contributed by atoms with E-state index < -0.39 is 11.7 Å². The van der Waals surface area contributed by atoms with Gasteiger partial charge in [0.1, 0.15) is 0 Å². The first-order valence-electron chi connectivity index (χ1n) is 13.1. The second-order valence-corrected chi connectivity index (χ2v) is 12.1. The molecule has 0 bridgehead atoms. The lowest BCUT2D eigenvalue weighted by Gasteiger charge is -2.63. The molecule has 1 heterocycles. The van der Waals surface area contributed by atoms with Crippen LogP contribution in [0.15, 0.2) is 27.6 Å². The van der Waals surface area contributed by atoms with E-state index >= 15 is 0 Å². The highest BCUT2D eigenvalue weighted by atomic mass is 16.4. The molecule has 8 heteroatoms. The third kappa shape index (κ3) is 3.88. The highest BCUT2D eigenvalue weighted by Crippen LogP contribution is 2.70. The van der Waals surface area contributed by atoms with E-state index in [1.165, 1.54) is 6.07 Å². The van der Waals surface area contributed by atoms with E-state index in [-0.39, 0.29) is 46.8 Å². The lowest BCUT2D eigenvalue weighted by atomic mass is 9.43. The van der Waals surface area contributed by atoms with Crippen molar-refractivity contribution in [3.05, 3.63) is 34.4 Å². The predicted molar refractivity (Wildman–Crippen MR) is 129 cm³/mol. The van der Waals surface area contributed by atoms with Gasteiger partial charge in [0.2, 0.25) is 5.91 Å². The normalized spacial score (nSPS) is 42.3. The number of nitrogens with one attached hydrogen (secondary N) is 2. The Balaban J connectivity index is 1.31. The average molecular weight is 487 g/mol. The van der Waals surface area contributed by atoms with Crippen LogP contribution >= 0.6 is 0 Å². The second-order valence-electron chi connectivity index (χ2n) is 12.1. The SMILES string of the molecule is C[C@]12CC[C@@H](NC(=O)CNC(=O)O)C[C@H]1CC[C@@H]1[C@@H]2CC[C@]2(C)[C@@H](c3ccc(=O)oc3)CC[C@]12O. The van der Waals surface area contributed by atoms with E-state index in [2.05, 4.69) is 24.5 Å². The Labute approximate surface area is 205 Å². The van der Waals surface area contributed by atoms with Gasteiger partial charge in [0.25, 0.3) is 0 Å². The fraction of sp³-hybridized carbons (Fsp3) is 0.741. The Kier molecular flexibility index (Phi) is 6.01. The molecule has 0 spiro atoms. The molecule has 2 amide bonds. The van der Waals surface area contributed by atoms with Crippen LogP contribution in [0.5, 0.6) is 0 Å². The molecule has 4 aliphatic rings. The van der Waals surface area contributed by atoms with Gasteiger partial charge in [-0.3, -0.25) is 4.79 Å². The van der Waals surface area contributed by atoms with E-state index in [4.69, 9.17) is 9.52 Å². The summed E-state index contributed by atoms with van der Waals surface area (Å²) in [5, 5.41) is 26.2. The van der Waals surface area contributed by atoms with Gasteiger partial charge >= 0.3 is 11.7 Å². The molecule has 0 unspecified atom stereocenters. The maximum absolute atomic E-state index is 12.3. The molecular formula is C27H38N2O6. The molecule has 4 saturated carbocycles. The Bertz CT molecular complexity index is 1040. The predicted octanol–water partition coefficient (Wildman–Crippen LogP) is 3.63. The van der Waals surface area contributed by atoms with E-state index in [9.17, 15) is 19.5 Å². The highest BCUT2D eigenvalue weighted by molar-refractivity contribution is 5.81. The third-order valence-corrected chi connectivity index (χ3v) is 10.7.